The summed E-state index contributed by atoms with van der Waals surface area (Å²) in [6.07, 6.45) is 1.57. The Labute approximate surface area is 144 Å². The third kappa shape index (κ3) is 3.12. The van der Waals surface area contributed by atoms with Gasteiger partial charge >= 0.3 is 0 Å². The predicted molar refractivity (Wildman–Crippen MR) is 88.4 cm³/mol. The molecule has 0 saturated heterocycles. The van der Waals surface area contributed by atoms with Crippen LogP contribution < -0.4 is 15.0 Å². The molecule has 2 aliphatic rings. The zero-order chi connectivity index (χ0) is 17.6. The van der Waals surface area contributed by atoms with E-state index in [0.29, 0.717) is 37.3 Å². The van der Waals surface area contributed by atoms with Gasteiger partial charge in [-0.25, -0.2) is 13.4 Å². The predicted octanol–water partition coefficient (Wildman–Crippen LogP) is 0.460. The van der Waals surface area contributed by atoms with Crippen molar-refractivity contribution in [2.45, 2.75) is 24.7 Å². The molecule has 1 aromatic carbocycles. The Hall–Kier alpha value is -2.39. The fourth-order valence-electron chi connectivity index (χ4n) is 3.08. The molecule has 132 valence electrons. The second kappa shape index (κ2) is 5.85. The molecular weight excluding hydrogens is 346 g/mol. The number of H-pyrrole nitrogens is 1. The lowest BCUT2D eigenvalue weighted by atomic mass is 10.1. The molecule has 2 aliphatic heterocycles. The quantitative estimate of drug-likeness (QED) is 0.791. The number of aromatic amines is 1. The van der Waals surface area contributed by atoms with Gasteiger partial charge in [0.2, 0.25) is 21.8 Å². The lowest BCUT2D eigenvalue weighted by molar-refractivity contribution is 0.174. The van der Waals surface area contributed by atoms with Gasteiger partial charge in [-0.05, 0) is 24.1 Å². The Morgan fingerprint density at radius 2 is 2.08 bits per heavy atom. The molecule has 0 spiro atoms. The van der Waals surface area contributed by atoms with Crippen molar-refractivity contribution in [2.24, 2.45) is 0 Å². The van der Waals surface area contributed by atoms with Gasteiger partial charge in [0.15, 0.2) is 11.5 Å². The molecule has 0 atom stereocenters. The van der Waals surface area contributed by atoms with Crippen molar-refractivity contribution in [1.29, 1.82) is 0 Å². The molecule has 0 fully saturated rings. The first-order valence-electron chi connectivity index (χ1n) is 7.83. The van der Waals surface area contributed by atoms with Crippen LogP contribution >= 0.6 is 0 Å². The molecule has 0 saturated carbocycles. The summed E-state index contributed by atoms with van der Waals surface area (Å²) in [5, 5.41) is -0.277. The zero-order valence-electron chi connectivity index (χ0n) is 13.6. The molecule has 1 aromatic heterocycles. The molecule has 1 N–H and O–H groups in total. The van der Waals surface area contributed by atoms with E-state index >= 15 is 0 Å². The Bertz CT molecular complexity index is 999. The van der Waals surface area contributed by atoms with Gasteiger partial charge in [0.05, 0.1) is 5.69 Å². The number of hydrogen-bond acceptors (Lipinski definition) is 7. The van der Waals surface area contributed by atoms with E-state index in [1.165, 1.54) is 0 Å². The highest BCUT2D eigenvalue weighted by molar-refractivity contribution is 7.90. The number of rotatable bonds is 3. The number of ether oxygens (including phenoxy) is 2. The summed E-state index contributed by atoms with van der Waals surface area (Å²) < 4.78 is 34.1. The molecule has 4 rings (SSSR count). The van der Waals surface area contributed by atoms with Crippen LogP contribution in [0, 0.1) is 0 Å². The largest absolute Gasteiger partial charge is 0.454 e. The molecule has 25 heavy (non-hydrogen) atoms. The molecular formula is C16H17N3O5S. The summed E-state index contributed by atoms with van der Waals surface area (Å²) in [4.78, 5) is 20.8. The molecule has 0 unspecified atom stereocenters. The zero-order valence-corrected chi connectivity index (χ0v) is 14.4. The number of aromatic nitrogens is 2. The highest BCUT2D eigenvalue weighted by Crippen LogP contribution is 2.33. The highest BCUT2D eigenvalue weighted by atomic mass is 32.2. The van der Waals surface area contributed by atoms with E-state index in [4.69, 9.17) is 9.47 Å². The Balaban J connectivity index is 1.58. The van der Waals surface area contributed by atoms with Crippen molar-refractivity contribution in [3.05, 3.63) is 45.4 Å². The number of benzene rings is 1. The summed E-state index contributed by atoms with van der Waals surface area (Å²) in [5.41, 5.74) is 1.78. The van der Waals surface area contributed by atoms with E-state index in [-0.39, 0.29) is 17.5 Å². The first kappa shape index (κ1) is 16.1. The second-order valence-corrected chi connectivity index (χ2v) is 8.15. The summed E-state index contributed by atoms with van der Waals surface area (Å²) in [6, 6.07) is 5.78. The maximum atomic E-state index is 12.1. The van der Waals surface area contributed by atoms with Crippen molar-refractivity contribution in [3.63, 3.8) is 0 Å². The van der Waals surface area contributed by atoms with Crippen LogP contribution in [-0.2, 0) is 29.3 Å². The van der Waals surface area contributed by atoms with Crippen LogP contribution in [-0.4, -0.2) is 42.9 Å². The van der Waals surface area contributed by atoms with Gasteiger partial charge < -0.3 is 9.47 Å². The lowest BCUT2D eigenvalue weighted by Crippen LogP contribution is -2.35. The number of hydrogen-bond donors (Lipinski definition) is 1. The first-order valence-corrected chi connectivity index (χ1v) is 9.72. The van der Waals surface area contributed by atoms with E-state index in [9.17, 15) is 13.2 Å². The minimum Gasteiger partial charge on any atom is -0.454 e. The molecule has 0 amide bonds. The minimum absolute atomic E-state index is 0.233. The van der Waals surface area contributed by atoms with Crippen molar-refractivity contribution in [3.8, 4) is 11.5 Å². The van der Waals surface area contributed by atoms with Crippen LogP contribution in [0.25, 0.3) is 0 Å². The van der Waals surface area contributed by atoms with Crippen LogP contribution in [0.2, 0.25) is 0 Å². The maximum Gasteiger partial charge on any atom is 0.255 e. The average molecular weight is 363 g/mol. The summed E-state index contributed by atoms with van der Waals surface area (Å²) in [7, 11) is -3.56. The van der Waals surface area contributed by atoms with Crippen LogP contribution in [0.5, 0.6) is 11.5 Å². The standard InChI is InChI=1S/C16H17N3O5S/c1-25(21,22)16-17-12-8-19(5-4-11(12)15(20)18-16)7-10-2-3-13-14(6-10)24-9-23-13/h2-3,6H,4-5,7-9H2,1H3,(H,17,18,20). The molecule has 0 bridgehead atoms. The van der Waals surface area contributed by atoms with Crippen molar-refractivity contribution in [1.82, 2.24) is 14.9 Å². The smallest absolute Gasteiger partial charge is 0.255 e. The lowest BCUT2D eigenvalue weighted by Gasteiger charge is -2.27. The van der Waals surface area contributed by atoms with Crippen molar-refractivity contribution >= 4 is 9.84 Å². The number of fused-ring (bicyclic) bond motifs is 2. The fraction of sp³-hybridized carbons (Fsp3) is 0.375. The average Bonchev–Trinajstić information content (AvgIpc) is 3.01. The Morgan fingerprint density at radius 1 is 1.28 bits per heavy atom. The van der Waals surface area contributed by atoms with Gasteiger partial charge in [-0.1, -0.05) is 6.07 Å². The van der Waals surface area contributed by atoms with E-state index in [2.05, 4.69) is 14.9 Å². The van der Waals surface area contributed by atoms with E-state index in [0.717, 1.165) is 23.3 Å². The van der Waals surface area contributed by atoms with Crippen LogP contribution in [0.1, 0.15) is 16.8 Å². The molecule has 3 heterocycles. The highest BCUT2D eigenvalue weighted by Gasteiger charge is 2.24. The number of nitrogens with zero attached hydrogens (tertiary/aromatic N) is 2. The van der Waals surface area contributed by atoms with Crippen LogP contribution in [0.3, 0.4) is 0 Å². The van der Waals surface area contributed by atoms with E-state index in [1.807, 2.05) is 18.2 Å². The van der Waals surface area contributed by atoms with Gasteiger partial charge in [0.1, 0.15) is 0 Å². The third-order valence-corrected chi connectivity index (χ3v) is 5.22. The molecule has 8 nitrogen and oxygen atoms in total. The third-order valence-electron chi connectivity index (χ3n) is 4.33. The monoisotopic (exact) mass is 363 g/mol. The normalized spacial score (nSPS) is 16.7. The number of nitrogens with one attached hydrogen (secondary N) is 1. The van der Waals surface area contributed by atoms with Gasteiger partial charge in [-0.2, -0.15) is 0 Å². The Morgan fingerprint density at radius 3 is 2.88 bits per heavy atom. The van der Waals surface area contributed by atoms with E-state index in [1.54, 1.807) is 0 Å². The Kier molecular flexibility index (Phi) is 3.77. The first-order chi connectivity index (χ1) is 11.9. The fourth-order valence-corrected chi connectivity index (χ4v) is 3.63. The van der Waals surface area contributed by atoms with Crippen molar-refractivity contribution < 1.29 is 17.9 Å². The summed E-state index contributed by atoms with van der Waals surface area (Å²) in [5.74, 6) is 1.46. The van der Waals surface area contributed by atoms with Crippen LogP contribution in [0.4, 0.5) is 0 Å². The van der Waals surface area contributed by atoms with Gasteiger partial charge in [-0.15, -0.1) is 0 Å². The van der Waals surface area contributed by atoms with Gasteiger partial charge in [-0.3, -0.25) is 14.7 Å². The topological polar surface area (TPSA) is 102 Å². The van der Waals surface area contributed by atoms with Gasteiger partial charge in [0.25, 0.3) is 5.56 Å². The number of sulfone groups is 1. The van der Waals surface area contributed by atoms with Crippen molar-refractivity contribution in [2.75, 3.05) is 19.6 Å². The summed E-state index contributed by atoms with van der Waals surface area (Å²) in [6.45, 7) is 2.01. The minimum atomic E-state index is -3.56. The van der Waals surface area contributed by atoms with Gasteiger partial charge in [0, 0.05) is 31.5 Å². The second-order valence-electron chi connectivity index (χ2n) is 6.22. The summed E-state index contributed by atoms with van der Waals surface area (Å²) >= 11 is 0. The maximum absolute atomic E-state index is 12.1. The van der Waals surface area contributed by atoms with Crippen LogP contribution in [0.15, 0.2) is 28.2 Å². The molecule has 2 aromatic rings. The van der Waals surface area contributed by atoms with E-state index < -0.39 is 9.84 Å². The molecule has 0 radical (unpaired) electrons. The molecule has 0 aliphatic carbocycles. The molecule has 9 heteroatoms. The SMILES string of the molecule is CS(=O)(=O)c1nc2c(c(=O)[nH]1)CCN(Cc1ccc3c(c1)OCO3)C2.